The van der Waals surface area contributed by atoms with Crippen LogP contribution >= 0.6 is 0 Å². The molecular weight excluding hydrogens is 326 g/mol. The van der Waals surface area contributed by atoms with E-state index in [2.05, 4.69) is 4.90 Å². The first-order valence-corrected chi connectivity index (χ1v) is 9.19. The van der Waals surface area contributed by atoms with Crippen LogP contribution in [0, 0.1) is 11.6 Å². The maximum absolute atomic E-state index is 13.7. The number of benzene rings is 1. The quantitative estimate of drug-likeness (QED) is 0.834. The van der Waals surface area contributed by atoms with Crippen molar-refractivity contribution in [2.75, 3.05) is 26.2 Å². The summed E-state index contributed by atoms with van der Waals surface area (Å²) in [4.78, 5) is 16.8. The molecule has 1 aromatic rings. The lowest BCUT2D eigenvalue weighted by atomic mass is 9.94. The van der Waals surface area contributed by atoms with Gasteiger partial charge in [-0.25, -0.2) is 8.78 Å². The van der Waals surface area contributed by atoms with Crippen molar-refractivity contribution in [2.24, 2.45) is 0 Å². The number of nitrogens with zero attached hydrogens (tertiary/aromatic N) is 2. The summed E-state index contributed by atoms with van der Waals surface area (Å²) in [5, 5.41) is 0. The lowest BCUT2D eigenvalue weighted by Gasteiger charge is -2.41. The minimum atomic E-state index is -0.791. The Morgan fingerprint density at radius 1 is 1.12 bits per heavy atom. The van der Waals surface area contributed by atoms with Gasteiger partial charge < -0.3 is 9.64 Å². The molecule has 1 atom stereocenters. The molecule has 0 N–H and O–H groups in total. The molecule has 0 unspecified atom stereocenters. The minimum Gasteiger partial charge on any atom is -0.478 e. The average molecular weight is 352 g/mol. The molecule has 3 rings (SSSR count). The molecule has 1 saturated carbocycles. The molecule has 1 heterocycles. The molecule has 0 radical (unpaired) electrons. The van der Waals surface area contributed by atoms with Crippen molar-refractivity contribution in [1.82, 2.24) is 9.80 Å². The van der Waals surface area contributed by atoms with E-state index in [-0.39, 0.29) is 11.7 Å². The van der Waals surface area contributed by atoms with Gasteiger partial charge in [-0.15, -0.1) is 0 Å². The third-order valence-corrected chi connectivity index (χ3v) is 5.26. The van der Waals surface area contributed by atoms with E-state index in [9.17, 15) is 13.6 Å². The topological polar surface area (TPSA) is 32.8 Å². The van der Waals surface area contributed by atoms with E-state index in [0.29, 0.717) is 19.1 Å². The van der Waals surface area contributed by atoms with Crippen LogP contribution in [0.3, 0.4) is 0 Å². The highest BCUT2D eigenvalue weighted by molar-refractivity contribution is 5.81. The molecule has 2 fully saturated rings. The molecule has 25 heavy (non-hydrogen) atoms. The number of hydrogen-bond donors (Lipinski definition) is 0. The maximum Gasteiger partial charge on any atom is 0.263 e. The van der Waals surface area contributed by atoms with E-state index < -0.39 is 17.7 Å². The van der Waals surface area contributed by atoms with Crippen molar-refractivity contribution in [2.45, 2.75) is 51.2 Å². The van der Waals surface area contributed by atoms with Crippen LogP contribution in [0.15, 0.2) is 18.2 Å². The van der Waals surface area contributed by atoms with Crippen molar-refractivity contribution in [1.29, 1.82) is 0 Å². The van der Waals surface area contributed by atoms with Crippen molar-refractivity contribution < 1.29 is 18.3 Å². The van der Waals surface area contributed by atoms with Gasteiger partial charge in [0.05, 0.1) is 0 Å². The fraction of sp³-hybridized carbons (Fsp3) is 0.632. The highest BCUT2D eigenvalue weighted by Crippen LogP contribution is 2.24. The van der Waals surface area contributed by atoms with Crippen LogP contribution in [0.2, 0.25) is 0 Å². The largest absolute Gasteiger partial charge is 0.478 e. The van der Waals surface area contributed by atoms with Crippen LogP contribution in [0.25, 0.3) is 0 Å². The van der Waals surface area contributed by atoms with Crippen LogP contribution in [0.4, 0.5) is 8.78 Å². The van der Waals surface area contributed by atoms with Gasteiger partial charge in [0, 0.05) is 38.3 Å². The monoisotopic (exact) mass is 352 g/mol. The van der Waals surface area contributed by atoms with Gasteiger partial charge >= 0.3 is 0 Å². The number of rotatable bonds is 4. The summed E-state index contributed by atoms with van der Waals surface area (Å²) in [5.74, 6) is -1.69. The fourth-order valence-electron chi connectivity index (χ4n) is 3.82. The number of amides is 1. The van der Waals surface area contributed by atoms with Crippen molar-refractivity contribution >= 4 is 5.91 Å². The van der Waals surface area contributed by atoms with Gasteiger partial charge in [0.1, 0.15) is 5.82 Å². The van der Waals surface area contributed by atoms with Crippen LogP contribution in [-0.4, -0.2) is 54.0 Å². The SMILES string of the molecule is C[C@@H](Oc1ccc(F)cc1F)C(=O)N1CCN(C2CCCCC2)CC1. The minimum absolute atomic E-state index is 0.0944. The smallest absolute Gasteiger partial charge is 0.263 e. The van der Waals surface area contributed by atoms with Gasteiger partial charge in [-0.1, -0.05) is 19.3 Å². The zero-order chi connectivity index (χ0) is 17.8. The van der Waals surface area contributed by atoms with E-state index in [4.69, 9.17) is 4.74 Å². The molecule has 138 valence electrons. The Kier molecular flexibility index (Phi) is 5.89. The third kappa shape index (κ3) is 4.48. The first-order valence-electron chi connectivity index (χ1n) is 9.19. The zero-order valence-electron chi connectivity index (χ0n) is 14.7. The summed E-state index contributed by atoms with van der Waals surface area (Å²) < 4.78 is 32.0. The van der Waals surface area contributed by atoms with E-state index >= 15 is 0 Å². The second-order valence-corrected chi connectivity index (χ2v) is 6.99. The van der Waals surface area contributed by atoms with Crippen LogP contribution < -0.4 is 4.74 Å². The first kappa shape index (κ1) is 18.1. The van der Waals surface area contributed by atoms with E-state index in [1.807, 2.05) is 0 Å². The highest BCUT2D eigenvalue weighted by atomic mass is 19.1. The number of halogens is 2. The second-order valence-electron chi connectivity index (χ2n) is 6.99. The maximum atomic E-state index is 13.7. The van der Waals surface area contributed by atoms with Gasteiger partial charge in [0.25, 0.3) is 5.91 Å². The van der Waals surface area contributed by atoms with E-state index in [0.717, 1.165) is 25.2 Å². The summed E-state index contributed by atoms with van der Waals surface area (Å²) >= 11 is 0. The molecular formula is C19H26F2N2O2. The van der Waals surface area contributed by atoms with Gasteiger partial charge in [0.15, 0.2) is 17.7 Å². The van der Waals surface area contributed by atoms with Crippen molar-refractivity contribution in [3.63, 3.8) is 0 Å². The van der Waals surface area contributed by atoms with Crippen LogP contribution in [0.5, 0.6) is 5.75 Å². The highest BCUT2D eigenvalue weighted by Gasteiger charge is 2.29. The second kappa shape index (κ2) is 8.13. The molecule has 1 aliphatic heterocycles. The van der Waals surface area contributed by atoms with Crippen LogP contribution in [0.1, 0.15) is 39.0 Å². The van der Waals surface area contributed by atoms with Gasteiger partial charge in [-0.3, -0.25) is 9.69 Å². The average Bonchev–Trinajstić information content (AvgIpc) is 2.64. The molecule has 6 heteroatoms. The summed E-state index contributed by atoms with van der Waals surface area (Å²) in [6, 6.07) is 3.76. The Labute approximate surface area is 147 Å². The van der Waals surface area contributed by atoms with E-state index in [1.165, 1.54) is 38.2 Å². The number of ether oxygens (including phenoxy) is 1. The fourth-order valence-corrected chi connectivity index (χ4v) is 3.82. The van der Waals surface area contributed by atoms with Crippen LogP contribution in [-0.2, 0) is 4.79 Å². The molecule has 0 aromatic heterocycles. The summed E-state index contributed by atoms with van der Waals surface area (Å²) in [5.41, 5.74) is 0. The Morgan fingerprint density at radius 3 is 2.44 bits per heavy atom. The van der Waals surface area contributed by atoms with Crippen molar-refractivity contribution in [3.05, 3.63) is 29.8 Å². The number of piperazine rings is 1. The van der Waals surface area contributed by atoms with E-state index in [1.54, 1.807) is 11.8 Å². The Morgan fingerprint density at radius 2 is 1.80 bits per heavy atom. The zero-order valence-corrected chi connectivity index (χ0v) is 14.7. The number of hydrogen-bond acceptors (Lipinski definition) is 3. The standard InChI is InChI=1S/C19H26F2N2O2/c1-14(25-18-8-7-15(20)13-17(18)21)19(24)23-11-9-22(10-12-23)16-5-3-2-4-6-16/h7-8,13-14,16H,2-6,9-12H2,1H3/t14-/m1/s1. The first-order chi connectivity index (χ1) is 12.0. The van der Waals surface area contributed by atoms with Crippen molar-refractivity contribution in [3.8, 4) is 5.75 Å². The molecule has 0 bridgehead atoms. The molecule has 4 nitrogen and oxygen atoms in total. The number of carbonyl (C=O) groups is 1. The molecule has 1 aromatic carbocycles. The lowest BCUT2D eigenvalue weighted by Crippen LogP contribution is -2.54. The molecule has 1 saturated heterocycles. The number of carbonyl (C=O) groups excluding carboxylic acids is 1. The molecule has 1 amide bonds. The molecule has 1 aliphatic carbocycles. The predicted octanol–water partition coefficient (Wildman–Crippen LogP) is 3.21. The lowest BCUT2D eigenvalue weighted by molar-refractivity contribution is -0.140. The molecule has 2 aliphatic rings. The predicted molar refractivity (Wildman–Crippen MR) is 91.5 cm³/mol. The van der Waals surface area contributed by atoms with Gasteiger partial charge in [-0.05, 0) is 31.9 Å². The Bertz CT molecular complexity index is 597. The van der Waals surface area contributed by atoms with Gasteiger partial charge in [0.2, 0.25) is 0 Å². The van der Waals surface area contributed by atoms with Gasteiger partial charge in [-0.2, -0.15) is 0 Å². The Balaban J connectivity index is 1.51. The summed E-state index contributed by atoms with van der Waals surface area (Å²) in [7, 11) is 0. The molecule has 0 spiro atoms. The summed E-state index contributed by atoms with van der Waals surface area (Å²) in [6.45, 7) is 4.73. The third-order valence-electron chi connectivity index (χ3n) is 5.26. The normalized spacial score (nSPS) is 21.2. The summed E-state index contributed by atoms with van der Waals surface area (Å²) in [6.07, 6.45) is 5.68. The Hall–Kier alpha value is -1.69.